The number of benzene rings is 3. The Hall–Kier alpha value is -2.48. The van der Waals surface area contributed by atoms with Gasteiger partial charge in [0.2, 0.25) is 0 Å². The lowest BCUT2D eigenvalue weighted by atomic mass is 9.86. The fraction of sp³-hybridized carbons (Fsp3) is 0. The van der Waals surface area contributed by atoms with Gasteiger partial charge < -0.3 is 0 Å². The van der Waals surface area contributed by atoms with Gasteiger partial charge in [-0.2, -0.15) is 0 Å². The molecule has 0 aromatic heterocycles. The van der Waals surface area contributed by atoms with Gasteiger partial charge in [0.1, 0.15) is 11.6 Å². The third-order valence-electron chi connectivity index (χ3n) is 4.28. The van der Waals surface area contributed by atoms with Gasteiger partial charge in [0.15, 0.2) is 0 Å². The molecule has 0 nitrogen and oxygen atoms in total. The summed E-state index contributed by atoms with van der Waals surface area (Å²) in [6.45, 7) is 0. The summed E-state index contributed by atoms with van der Waals surface area (Å²) in [5.74, 6) is -0.417. The quantitative estimate of drug-likeness (QED) is 0.348. The molecule has 0 saturated carbocycles. The molecule has 0 aliphatic rings. The van der Waals surface area contributed by atoms with Crippen LogP contribution < -0.4 is 0 Å². The van der Waals surface area contributed by atoms with E-state index in [1.54, 1.807) is 12.1 Å². The molecule has 0 aliphatic heterocycles. The van der Waals surface area contributed by atoms with E-state index in [2.05, 4.69) is 12.1 Å². The van der Waals surface area contributed by atoms with Crippen LogP contribution in [0.15, 0.2) is 48.5 Å². The number of halogens is 2. The average Bonchev–Trinajstić information content (AvgIpc) is 2.43. The Labute approximate surface area is 112 Å². The van der Waals surface area contributed by atoms with Crippen molar-refractivity contribution in [1.82, 2.24) is 0 Å². The van der Waals surface area contributed by atoms with Crippen LogP contribution in [0.25, 0.3) is 43.1 Å². The second kappa shape index (κ2) is 3.15. The first-order valence-corrected chi connectivity index (χ1v) is 6.51. The van der Waals surface area contributed by atoms with E-state index in [-0.39, 0.29) is 11.6 Å². The average molecular weight is 262 g/mol. The predicted molar refractivity (Wildman–Crippen MR) is 78.8 cm³/mol. The summed E-state index contributed by atoms with van der Waals surface area (Å²) in [7, 11) is 0. The van der Waals surface area contributed by atoms with Crippen molar-refractivity contribution < 1.29 is 8.78 Å². The summed E-state index contributed by atoms with van der Waals surface area (Å²) in [5, 5.41) is 8.55. The lowest BCUT2D eigenvalue weighted by Gasteiger charge is -2.17. The van der Waals surface area contributed by atoms with E-state index in [0.717, 1.165) is 43.1 Å². The molecule has 5 rings (SSSR count). The van der Waals surface area contributed by atoms with Crippen molar-refractivity contribution in [2.24, 2.45) is 0 Å². The maximum atomic E-state index is 13.3. The van der Waals surface area contributed by atoms with Gasteiger partial charge in [0.05, 0.1) is 0 Å². The highest BCUT2D eigenvalue weighted by Crippen LogP contribution is 2.43. The minimum Gasteiger partial charge on any atom is -0.207 e. The van der Waals surface area contributed by atoms with Gasteiger partial charge in [-0.3, -0.25) is 0 Å². The van der Waals surface area contributed by atoms with Gasteiger partial charge in [-0.1, -0.05) is 12.1 Å². The van der Waals surface area contributed by atoms with Crippen molar-refractivity contribution in [2.75, 3.05) is 0 Å². The van der Waals surface area contributed by atoms with Crippen LogP contribution in [0.4, 0.5) is 8.78 Å². The zero-order chi connectivity index (χ0) is 13.4. The van der Waals surface area contributed by atoms with Crippen LogP contribution in [0, 0.1) is 11.6 Å². The van der Waals surface area contributed by atoms with E-state index >= 15 is 0 Å². The van der Waals surface area contributed by atoms with Crippen molar-refractivity contribution in [2.45, 2.75) is 0 Å². The molecule has 0 aliphatic carbocycles. The Balaban J connectivity index is 1.95. The van der Waals surface area contributed by atoms with Crippen LogP contribution in [0.3, 0.4) is 0 Å². The molecule has 0 unspecified atom stereocenters. The summed E-state index contributed by atoms with van der Waals surface area (Å²) in [5.41, 5.74) is 0. The van der Waals surface area contributed by atoms with E-state index in [1.807, 2.05) is 12.1 Å². The lowest BCUT2D eigenvalue weighted by Crippen LogP contribution is -1.91. The van der Waals surface area contributed by atoms with Crippen LogP contribution >= 0.6 is 0 Å². The molecular weight excluding hydrogens is 254 g/mol. The first-order chi connectivity index (χ1) is 9.72. The number of hydrogen-bond donors (Lipinski definition) is 0. The third kappa shape index (κ3) is 1.06. The Morgan fingerprint density at radius 3 is 1.20 bits per heavy atom. The maximum absolute atomic E-state index is 13.3. The number of hydrogen-bond acceptors (Lipinski definition) is 0. The summed E-state index contributed by atoms with van der Waals surface area (Å²) in [6.07, 6.45) is 0. The molecule has 0 heterocycles. The third-order valence-corrected chi connectivity index (χ3v) is 4.28. The van der Waals surface area contributed by atoms with Crippen molar-refractivity contribution in [1.29, 1.82) is 0 Å². The second-order valence-electron chi connectivity index (χ2n) is 5.32. The van der Waals surface area contributed by atoms with Crippen molar-refractivity contribution in [3.8, 4) is 0 Å². The highest BCUT2D eigenvalue weighted by Gasteiger charge is 2.16. The Kier molecular flexibility index (Phi) is 1.63. The van der Waals surface area contributed by atoms with Gasteiger partial charge in [0, 0.05) is 0 Å². The fourth-order valence-electron chi connectivity index (χ4n) is 3.31. The first kappa shape index (κ1) is 10.3. The number of rotatable bonds is 0. The number of fused-ring (bicyclic) bond motifs is 8. The van der Waals surface area contributed by atoms with Gasteiger partial charge >= 0.3 is 0 Å². The minimum absolute atomic E-state index is 0.209. The molecule has 0 spiro atoms. The zero-order valence-corrected chi connectivity index (χ0v) is 10.4. The summed E-state index contributed by atoms with van der Waals surface area (Å²) in [6, 6.07) is 13.9. The van der Waals surface area contributed by atoms with Gasteiger partial charge in [-0.25, -0.2) is 8.78 Å². The molecule has 0 atom stereocenters. The topological polar surface area (TPSA) is 0 Å². The molecule has 0 saturated heterocycles. The SMILES string of the molecule is Fc1ccc2c(c1)c1cc3c4ccc(F)cc4c3cc21. The van der Waals surface area contributed by atoms with Crippen LogP contribution in [0.2, 0.25) is 0 Å². The van der Waals surface area contributed by atoms with E-state index in [0.29, 0.717) is 0 Å². The Bertz CT molecular complexity index is 1020. The molecule has 0 radical (unpaired) electrons. The molecule has 0 amide bonds. The summed E-state index contributed by atoms with van der Waals surface area (Å²) in [4.78, 5) is 0. The highest BCUT2D eigenvalue weighted by molar-refractivity contribution is 6.34. The predicted octanol–water partition coefficient (Wildman–Crippen LogP) is 5.45. The van der Waals surface area contributed by atoms with E-state index in [4.69, 9.17) is 0 Å². The molecule has 94 valence electrons. The van der Waals surface area contributed by atoms with Gasteiger partial charge in [0.25, 0.3) is 0 Å². The lowest BCUT2D eigenvalue weighted by molar-refractivity contribution is 0.629. The molecule has 0 bridgehead atoms. The molecule has 0 fully saturated rings. The van der Waals surface area contributed by atoms with Crippen LogP contribution in [0.5, 0.6) is 0 Å². The van der Waals surface area contributed by atoms with Gasteiger partial charge in [-0.15, -0.1) is 0 Å². The first-order valence-electron chi connectivity index (χ1n) is 6.51. The highest BCUT2D eigenvalue weighted by atomic mass is 19.1. The fourth-order valence-corrected chi connectivity index (χ4v) is 3.31. The van der Waals surface area contributed by atoms with Crippen LogP contribution in [-0.4, -0.2) is 0 Å². The van der Waals surface area contributed by atoms with Crippen LogP contribution in [-0.2, 0) is 0 Å². The van der Waals surface area contributed by atoms with E-state index in [1.165, 1.54) is 12.1 Å². The molecule has 0 N–H and O–H groups in total. The largest absolute Gasteiger partial charge is 0.207 e. The van der Waals surface area contributed by atoms with E-state index < -0.39 is 0 Å². The van der Waals surface area contributed by atoms with Gasteiger partial charge in [-0.05, 0) is 79.5 Å². The molecule has 5 aromatic carbocycles. The second-order valence-corrected chi connectivity index (χ2v) is 5.32. The van der Waals surface area contributed by atoms with E-state index in [9.17, 15) is 8.78 Å². The Morgan fingerprint density at radius 2 is 0.750 bits per heavy atom. The molecular formula is C18H8F2. The zero-order valence-electron chi connectivity index (χ0n) is 10.4. The smallest absolute Gasteiger partial charge is 0.123 e. The molecule has 20 heavy (non-hydrogen) atoms. The van der Waals surface area contributed by atoms with Crippen LogP contribution in [0.1, 0.15) is 0 Å². The van der Waals surface area contributed by atoms with Crippen molar-refractivity contribution in [3.63, 3.8) is 0 Å². The summed E-state index contributed by atoms with van der Waals surface area (Å²) >= 11 is 0. The standard InChI is InChI=1S/C18H8F2/c19-9-1-3-11-13(5-9)17-8-16-12-4-2-10(20)6-14(12)18(16)7-15(11)17/h1-8H. The molecule has 5 aromatic rings. The summed E-state index contributed by atoms with van der Waals surface area (Å²) < 4.78 is 26.6. The Morgan fingerprint density at radius 1 is 0.400 bits per heavy atom. The van der Waals surface area contributed by atoms with Crippen molar-refractivity contribution >= 4 is 43.1 Å². The normalized spacial score (nSPS) is 12.5. The molecule has 2 heteroatoms. The monoisotopic (exact) mass is 262 g/mol. The van der Waals surface area contributed by atoms with Crippen molar-refractivity contribution in [3.05, 3.63) is 60.2 Å². The minimum atomic E-state index is -0.209. The maximum Gasteiger partial charge on any atom is 0.123 e.